The van der Waals surface area contributed by atoms with Crippen LogP contribution in [-0.4, -0.2) is 56.6 Å². The van der Waals surface area contributed by atoms with Gasteiger partial charge in [0.1, 0.15) is 11.5 Å². The Morgan fingerprint density at radius 1 is 0.696 bits per heavy atom. The van der Waals surface area contributed by atoms with Crippen LogP contribution in [0.5, 0.6) is 11.5 Å². The molecule has 46 heavy (non-hydrogen) atoms. The fraction of sp³-hybridized carbons (Fsp3) is 0.548. The Morgan fingerprint density at radius 3 is 1.54 bits per heavy atom. The van der Waals surface area contributed by atoms with Crippen LogP contribution in [0.1, 0.15) is 84.5 Å². The molecule has 12 nitrogen and oxygen atoms in total. The summed E-state index contributed by atoms with van der Waals surface area (Å²) in [6.45, 7) is 4.31. The van der Waals surface area contributed by atoms with Gasteiger partial charge >= 0.3 is 12.3 Å². The van der Waals surface area contributed by atoms with Gasteiger partial charge in [0.25, 0.3) is 20.2 Å². The van der Waals surface area contributed by atoms with Crippen molar-refractivity contribution in [2.45, 2.75) is 99.4 Å². The van der Waals surface area contributed by atoms with E-state index in [4.69, 9.17) is 28.1 Å². The van der Waals surface area contributed by atoms with E-state index in [0.29, 0.717) is 12.8 Å². The van der Waals surface area contributed by atoms with Crippen LogP contribution in [-0.2, 0) is 29.7 Å². The third kappa shape index (κ3) is 15.2. The van der Waals surface area contributed by atoms with Gasteiger partial charge in [-0.1, -0.05) is 65.2 Å². The standard InChI is InChI=1S/C31H45O12PS2/c1-3-4-5-6-7-8-9-10-11-24(20-22-40-29(32)42-25-12-16-27(17-13-25)45(34,35)36)31(2,44)21-23-41-30(33)43-26-14-18-28(19-15-26)46(37,38)39/h12-19,24H,3-11,20-23,44H2,1-2H3,(H,34,35,36)(H,37,38,39). The van der Waals surface area contributed by atoms with Crippen molar-refractivity contribution in [1.82, 2.24) is 0 Å². The summed E-state index contributed by atoms with van der Waals surface area (Å²) in [5.74, 6) is 0.186. The summed E-state index contributed by atoms with van der Waals surface area (Å²) < 4.78 is 83.7. The van der Waals surface area contributed by atoms with Gasteiger partial charge in [-0.15, -0.1) is 9.24 Å². The number of carbonyl (C=O) groups excluding carboxylic acids is 2. The van der Waals surface area contributed by atoms with Crippen molar-refractivity contribution in [1.29, 1.82) is 0 Å². The van der Waals surface area contributed by atoms with Crippen molar-refractivity contribution in [2.75, 3.05) is 13.2 Å². The quantitative estimate of drug-likeness (QED) is 0.0457. The summed E-state index contributed by atoms with van der Waals surface area (Å²) in [5.41, 5.74) is 0. The van der Waals surface area contributed by atoms with Gasteiger partial charge in [0.2, 0.25) is 0 Å². The zero-order chi connectivity index (χ0) is 34.2. The first kappa shape index (κ1) is 39.4. The van der Waals surface area contributed by atoms with Crippen molar-refractivity contribution in [3.8, 4) is 11.5 Å². The molecule has 2 N–H and O–H groups in total. The molecule has 0 saturated heterocycles. The Kier molecular flexibility index (Phi) is 16.4. The van der Waals surface area contributed by atoms with Crippen LogP contribution < -0.4 is 9.47 Å². The second-order valence-electron chi connectivity index (χ2n) is 11.3. The Balaban J connectivity index is 1.89. The molecule has 2 aromatic carbocycles. The Labute approximate surface area is 274 Å². The molecule has 15 heteroatoms. The van der Waals surface area contributed by atoms with Crippen LogP contribution in [0, 0.1) is 5.92 Å². The molecule has 0 saturated carbocycles. The Morgan fingerprint density at radius 2 is 1.11 bits per heavy atom. The maximum absolute atomic E-state index is 12.3. The molecule has 0 heterocycles. The fourth-order valence-corrected chi connectivity index (χ4v) is 6.19. The maximum Gasteiger partial charge on any atom is 0.513 e. The summed E-state index contributed by atoms with van der Waals surface area (Å²) >= 11 is 0. The lowest BCUT2D eigenvalue weighted by Crippen LogP contribution is -2.31. The molecule has 0 amide bonds. The van der Waals surface area contributed by atoms with Gasteiger partial charge in [0, 0.05) is 0 Å². The van der Waals surface area contributed by atoms with Crippen LogP contribution in [0.3, 0.4) is 0 Å². The van der Waals surface area contributed by atoms with E-state index in [1.54, 1.807) is 0 Å². The molecule has 0 aliphatic carbocycles. The number of carbonyl (C=O) groups is 2. The van der Waals surface area contributed by atoms with Crippen molar-refractivity contribution in [2.24, 2.45) is 5.92 Å². The number of hydrogen-bond acceptors (Lipinski definition) is 10. The van der Waals surface area contributed by atoms with Crippen molar-refractivity contribution in [3.05, 3.63) is 48.5 Å². The van der Waals surface area contributed by atoms with Gasteiger partial charge in [-0.25, -0.2) is 9.59 Å². The number of ether oxygens (including phenoxy) is 4. The molecule has 0 fully saturated rings. The maximum atomic E-state index is 12.3. The lowest BCUT2D eigenvalue weighted by molar-refractivity contribution is 0.0820. The lowest BCUT2D eigenvalue weighted by Gasteiger charge is -2.34. The van der Waals surface area contributed by atoms with Crippen molar-refractivity contribution < 1.29 is 54.5 Å². The van der Waals surface area contributed by atoms with Crippen LogP contribution in [0.25, 0.3) is 0 Å². The van der Waals surface area contributed by atoms with Crippen molar-refractivity contribution >= 4 is 41.8 Å². The smallest absolute Gasteiger partial charge is 0.434 e. The Hall–Kier alpha value is -2.77. The van der Waals surface area contributed by atoms with E-state index in [2.05, 4.69) is 16.2 Å². The molecule has 0 aromatic heterocycles. The minimum Gasteiger partial charge on any atom is -0.434 e. The topological polar surface area (TPSA) is 180 Å². The minimum absolute atomic E-state index is 0.0400. The molecular formula is C31H45O12PS2. The molecule has 3 atom stereocenters. The van der Waals surface area contributed by atoms with Gasteiger partial charge in [0.15, 0.2) is 0 Å². The third-order valence-electron chi connectivity index (χ3n) is 7.53. The largest absolute Gasteiger partial charge is 0.513 e. The molecule has 3 unspecified atom stereocenters. The normalized spacial score (nSPS) is 13.8. The predicted molar refractivity (Wildman–Crippen MR) is 175 cm³/mol. The highest BCUT2D eigenvalue weighted by molar-refractivity contribution is 7.86. The number of benzene rings is 2. The molecule has 0 aliphatic rings. The van der Waals surface area contributed by atoms with Gasteiger partial charge < -0.3 is 18.9 Å². The lowest BCUT2D eigenvalue weighted by atomic mass is 9.83. The van der Waals surface area contributed by atoms with Gasteiger partial charge in [0.05, 0.1) is 23.0 Å². The second kappa shape index (κ2) is 19.1. The summed E-state index contributed by atoms with van der Waals surface area (Å²) in [6, 6.07) is 9.33. The summed E-state index contributed by atoms with van der Waals surface area (Å²) in [6.07, 6.45) is 9.24. The average Bonchev–Trinajstić information content (AvgIpc) is 2.97. The molecule has 258 valence electrons. The summed E-state index contributed by atoms with van der Waals surface area (Å²) in [7, 11) is -5.91. The monoisotopic (exact) mass is 704 g/mol. The zero-order valence-corrected chi connectivity index (χ0v) is 29.0. The summed E-state index contributed by atoms with van der Waals surface area (Å²) in [4.78, 5) is 23.8. The zero-order valence-electron chi connectivity index (χ0n) is 26.3. The summed E-state index contributed by atoms with van der Waals surface area (Å²) in [5, 5.41) is -0.391. The molecule has 2 aromatic rings. The third-order valence-corrected chi connectivity index (χ3v) is 10.0. The van der Waals surface area contributed by atoms with Crippen LogP contribution in [0.4, 0.5) is 9.59 Å². The van der Waals surface area contributed by atoms with E-state index in [0.717, 1.165) is 49.9 Å². The molecular weight excluding hydrogens is 659 g/mol. The highest BCUT2D eigenvalue weighted by atomic mass is 32.2. The first-order chi connectivity index (χ1) is 21.6. The Bertz CT molecular complexity index is 1440. The average molecular weight is 705 g/mol. The fourth-order valence-electron chi connectivity index (χ4n) is 4.78. The molecule has 0 bridgehead atoms. The van der Waals surface area contributed by atoms with Crippen LogP contribution >= 0.6 is 9.24 Å². The SMILES string of the molecule is CCCCCCCCCCC(CCOC(=O)Oc1ccc(S(=O)(=O)O)cc1)C(C)(P)CCOC(=O)Oc1ccc(S(=O)(=O)O)cc1. The highest BCUT2D eigenvalue weighted by Crippen LogP contribution is 2.37. The van der Waals surface area contributed by atoms with E-state index >= 15 is 0 Å². The van der Waals surface area contributed by atoms with E-state index in [1.807, 2.05) is 6.92 Å². The first-order valence-corrected chi connectivity index (χ1v) is 18.7. The van der Waals surface area contributed by atoms with Crippen LogP contribution in [0.15, 0.2) is 58.3 Å². The predicted octanol–water partition coefficient (Wildman–Crippen LogP) is 7.47. The van der Waals surface area contributed by atoms with Gasteiger partial charge in [-0.05, 0) is 78.9 Å². The van der Waals surface area contributed by atoms with E-state index < -0.39 is 37.7 Å². The van der Waals surface area contributed by atoms with Crippen molar-refractivity contribution in [3.63, 3.8) is 0 Å². The van der Waals surface area contributed by atoms with E-state index in [-0.39, 0.29) is 40.4 Å². The van der Waals surface area contributed by atoms with Crippen LogP contribution in [0.2, 0.25) is 0 Å². The first-order valence-electron chi connectivity index (χ1n) is 15.2. The highest BCUT2D eigenvalue weighted by Gasteiger charge is 2.30. The molecule has 2 rings (SSSR count). The second-order valence-corrected chi connectivity index (χ2v) is 15.5. The number of hydrogen-bond donors (Lipinski definition) is 2. The molecule has 0 spiro atoms. The van der Waals surface area contributed by atoms with Gasteiger partial charge in [-0.3, -0.25) is 9.11 Å². The van der Waals surface area contributed by atoms with E-state index in [9.17, 15) is 26.4 Å². The number of rotatable bonds is 20. The van der Waals surface area contributed by atoms with Gasteiger partial charge in [-0.2, -0.15) is 16.8 Å². The minimum atomic E-state index is -4.37. The molecule has 0 radical (unpaired) electrons. The number of unbranched alkanes of at least 4 members (excludes halogenated alkanes) is 7. The van der Waals surface area contributed by atoms with E-state index in [1.165, 1.54) is 56.4 Å². The molecule has 0 aliphatic heterocycles.